The number of benzene rings is 2. The van der Waals surface area contributed by atoms with Gasteiger partial charge in [0.05, 0.1) is 12.1 Å². The summed E-state index contributed by atoms with van der Waals surface area (Å²) >= 11 is 0. The number of nitrogens with zero attached hydrogens (tertiary/aromatic N) is 4. The molecule has 2 aliphatic rings. The lowest BCUT2D eigenvalue weighted by molar-refractivity contribution is -0.169. The third-order valence-electron chi connectivity index (χ3n) is 7.46. The van der Waals surface area contributed by atoms with Crippen LogP contribution in [0.3, 0.4) is 0 Å². The average Bonchev–Trinajstić information content (AvgIpc) is 2.91. The standard InChI is InChI=1S/C30H37F3N4O4/c1-21-15-23(17-24(16-21)30(31,32)33)20-41-29(40)36-14-12-27(38)37-25(11-7-8-13-34(2)3)28(39)35(19-26(36)37)18-22-9-5-4-6-10-22/h4-6,9-10,15-17,25-26H,7-8,11-14,18-20H2,1-3H3/t25-,26+/m0/s1. The molecule has 2 saturated heterocycles. The van der Waals surface area contributed by atoms with Crippen LogP contribution in [-0.4, -0.2) is 83.4 Å². The van der Waals surface area contributed by atoms with Crippen LogP contribution in [0.4, 0.5) is 18.0 Å². The lowest BCUT2D eigenvalue weighted by atomic mass is 9.98. The van der Waals surface area contributed by atoms with Crippen molar-refractivity contribution in [3.8, 4) is 0 Å². The van der Waals surface area contributed by atoms with Crippen molar-refractivity contribution in [2.45, 2.75) is 64.1 Å². The Morgan fingerprint density at radius 3 is 2.46 bits per heavy atom. The molecule has 2 fully saturated rings. The zero-order valence-corrected chi connectivity index (χ0v) is 23.7. The van der Waals surface area contributed by atoms with Crippen LogP contribution < -0.4 is 0 Å². The first-order valence-electron chi connectivity index (χ1n) is 13.8. The number of hydrogen-bond acceptors (Lipinski definition) is 5. The summed E-state index contributed by atoms with van der Waals surface area (Å²) in [6.07, 6.45) is -3.90. The van der Waals surface area contributed by atoms with E-state index >= 15 is 0 Å². The average molecular weight is 575 g/mol. The molecule has 0 radical (unpaired) electrons. The highest BCUT2D eigenvalue weighted by Crippen LogP contribution is 2.32. The van der Waals surface area contributed by atoms with Gasteiger partial charge in [0.2, 0.25) is 11.8 Å². The maximum Gasteiger partial charge on any atom is 0.416 e. The third kappa shape index (κ3) is 7.58. The molecule has 41 heavy (non-hydrogen) atoms. The van der Waals surface area contributed by atoms with Gasteiger partial charge in [0.15, 0.2) is 0 Å². The highest BCUT2D eigenvalue weighted by molar-refractivity contribution is 5.90. The fourth-order valence-electron chi connectivity index (χ4n) is 5.52. The second kappa shape index (κ2) is 12.9. The summed E-state index contributed by atoms with van der Waals surface area (Å²) in [6, 6.07) is 12.3. The SMILES string of the molecule is Cc1cc(COC(=O)N2CCC(=O)N3[C@@H]2CN(Cc2ccccc2)C(=O)[C@@H]3CCCCN(C)C)cc(C(F)(F)F)c1. The number of carbonyl (C=O) groups excluding carboxylic acids is 3. The van der Waals surface area contributed by atoms with Gasteiger partial charge < -0.3 is 19.4 Å². The Morgan fingerprint density at radius 1 is 1.05 bits per heavy atom. The minimum atomic E-state index is -4.52. The molecule has 2 aromatic rings. The lowest BCUT2D eigenvalue weighted by Gasteiger charge is -2.52. The molecular formula is C30H37F3N4O4. The number of rotatable bonds is 9. The molecule has 2 aromatic carbocycles. The number of ether oxygens (including phenoxy) is 1. The second-order valence-electron chi connectivity index (χ2n) is 11.0. The van der Waals surface area contributed by atoms with Crippen molar-refractivity contribution in [3.05, 3.63) is 70.8 Å². The van der Waals surface area contributed by atoms with E-state index < -0.39 is 30.0 Å². The molecule has 0 aliphatic carbocycles. The molecule has 0 aromatic heterocycles. The summed E-state index contributed by atoms with van der Waals surface area (Å²) in [6.45, 7) is 2.60. The van der Waals surface area contributed by atoms with E-state index in [2.05, 4.69) is 4.90 Å². The van der Waals surface area contributed by atoms with E-state index in [-0.39, 0.29) is 43.5 Å². The van der Waals surface area contributed by atoms with Crippen molar-refractivity contribution in [1.82, 2.24) is 19.6 Å². The number of unbranched alkanes of at least 4 members (excludes halogenated alkanes) is 1. The number of piperazine rings is 1. The predicted octanol–water partition coefficient (Wildman–Crippen LogP) is 4.65. The van der Waals surface area contributed by atoms with E-state index in [0.29, 0.717) is 18.5 Å². The highest BCUT2D eigenvalue weighted by atomic mass is 19.4. The van der Waals surface area contributed by atoms with Crippen molar-refractivity contribution in [2.75, 3.05) is 33.7 Å². The van der Waals surface area contributed by atoms with Crippen LogP contribution in [0, 0.1) is 6.92 Å². The number of halogens is 3. The molecule has 0 N–H and O–H groups in total. The Labute approximate surface area is 238 Å². The summed E-state index contributed by atoms with van der Waals surface area (Å²) in [4.78, 5) is 46.9. The lowest BCUT2D eigenvalue weighted by Crippen LogP contribution is -2.71. The Morgan fingerprint density at radius 2 is 1.78 bits per heavy atom. The van der Waals surface area contributed by atoms with Gasteiger partial charge in [-0.1, -0.05) is 42.0 Å². The summed E-state index contributed by atoms with van der Waals surface area (Å²) in [5.41, 5.74) is 0.744. The summed E-state index contributed by atoms with van der Waals surface area (Å²) in [7, 11) is 3.95. The molecular weight excluding hydrogens is 537 g/mol. The summed E-state index contributed by atoms with van der Waals surface area (Å²) in [5, 5.41) is 0. The smallest absolute Gasteiger partial charge is 0.416 e. The molecule has 0 spiro atoms. The quantitative estimate of drug-likeness (QED) is 0.408. The molecule has 0 saturated carbocycles. The van der Waals surface area contributed by atoms with E-state index in [0.717, 1.165) is 37.1 Å². The number of hydrogen-bond donors (Lipinski definition) is 0. The zero-order valence-electron chi connectivity index (χ0n) is 23.7. The van der Waals surface area contributed by atoms with Gasteiger partial charge in [-0.2, -0.15) is 13.2 Å². The molecule has 11 heteroatoms. The first-order valence-corrected chi connectivity index (χ1v) is 13.8. The van der Waals surface area contributed by atoms with Gasteiger partial charge in [-0.3, -0.25) is 14.5 Å². The van der Waals surface area contributed by atoms with Crippen molar-refractivity contribution in [1.29, 1.82) is 0 Å². The van der Waals surface area contributed by atoms with Crippen LogP contribution in [0.15, 0.2) is 48.5 Å². The van der Waals surface area contributed by atoms with Crippen LogP contribution in [0.25, 0.3) is 0 Å². The number of aryl methyl sites for hydroxylation is 1. The number of fused-ring (bicyclic) bond motifs is 1. The maximum atomic E-state index is 13.7. The van der Waals surface area contributed by atoms with Crippen LogP contribution in [0.5, 0.6) is 0 Å². The molecule has 0 unspecified atom stereocenters. The molecule has 2 aliphatic heterocycles. The molecule has 2 heterocycles. The predicted molar refractivity (Wildman–Crippen MR) is 146 cm³/mol. The largest absolute Gasteiger partial charge is 0.444 e. The fraction of sp³-hybridized carbons (Fsp3) is 0.500. The first kappa shape index (κ1) is 30.4. The Balaban J connectivity index is 1.54. The van der Waals surface area contributed by atoms with Crippen LogP contribution in [0.2, 0.25) is 0 Å². The van der Waals surface area contributed by atoms with Gasteiger partial charge in [0.25, 0.3) is 0 Å². The fourth-order valence-corrected chi connectivity index (χ4v) is 5.52. The normalized spacial score (nSPS) is 19.5. The molecule has 2 atom stereocenters. The Bertz CT molecular complexity index is 1240. The van der Waals surface area contributed by atoms with Crippen LogP contribution >= 0.6 is 0 Å². The number of carbonyl (C=O) groups is 3. The van der Waals surface area contributed by atoms with Gasteiger partial charge in [0, 0.05) is 19.5 Å². The van der Waals surface area contributed by atoms with Gasteiger partial charge >= 0.3 is 12.3 Å². The van der Waals surface area contributed by atoms with E-state index in [1.165, 1.54) is 9.80 Å². The van der Waals surface area contributed by atoms with Crippen molar-refractivity contribution >= 4 is 17.9 Å². The topological polar surface area (TPSA) is 73.4 Å². The molecule has 4 rings (SSSR count). The highest BCUT2D eigenvalue weighted by Gasteiger charge is 2.48. The zero-order chi connectivity index (χ0) is 29.7. The van der Waals surface area contributed by atoms with Gasteiger partial charge in [-0.25, -0.2) is 4.79 Å². The molecule has 222 valence electrons. The Kier molecular flexibility index (Phi) is 9.57. The van der Waals surface area contributed by atoms with E-state index in [9.17, 15) is 27.6 Å². The van der Waals surface area contributed by atoms with E-state index in [4.69, 9.17) is 4.74 Å². The number of amides is 3. The number of alkyl halides is 3. The third-order valence-corrected chi connectivity index (χ3v) is 7.46. The molecule has 8 nitrogen and oxygen atoms in total. The molecule has 3 amide bonds. The summed E-state index contributed by atoms with van der Waals surface area (Å²) < 4.78 is 45.3. The Hall–Kier alpha value is -3.60. The van der Waals surface area contributed by atoms with Crippen molar-refractivity contribution < 1.29 is 32.3 Å². The molecule has 0 bridgehead atoms. The van der Waals surface area contributed by atoms with Gasteiger partial charge in [-0.15, -0.1) is 0 Å². The minimum Gasteiger partial charge on any atom is -0.444 e. The maximum absolute atomic E-state index is 13.7. The van der Waals surface area contributed by atoms with Crippen LogP contribution in [-0.2, 0) is 33.7 Å². The van der Waals surface area contributed by atoms with Crippen LogP contribution in [0.1, 0.15) is 47.9 Å². The van der Waals surface area contributed by atoms with E-state index in [1.807, 2.05) is 44.4 Å². The first-order chi connectivity index (χ1) is 19.4. The van der Waals surface area contributed by atoms with Crippen molar-refractivity contribution in [2.24, 2.45) is 0 Å². The monoisotopic (exact) mass is 574 g/mol. The second-order valence-corrected chi connectivity index (χ2v) is 11.0. The van der Waals surface area contributed by atoms with E-state index in [1.54, 1.807) is 17.9 Å². The van der Waals surface area contributed by atoms with Gasteiger partial charge in [-0.05, 0) is 70.1 Å². The summed E-state index contributed by atoms with van der Waals surface area (Å²) in [5.74, 6) is -0.351. The van der Waals surface area contributed by atoms with Crippen molar-refractivity contribution in [3.63, 3.8) is 0 Å². The van der Waals surface area contributed by atoms with Gasteiger partial charge in [0.1, 0.15) is 18.8 Å². The minimum absolute atomic E-state index is 0.0361.